The molecule has 46 heavy (non-hydrogen) atoms. The van der Waals surface area contributed by atoms with E-state index in [-0.39, 0.29) is 7.25 Å². The maximum absolute atomic E-state index is 8.50. The first-order valence-corrected chi connectivity index (χ1v) is 32.6. The molecule has 0 saturated heterocycles. The topological polar surface area (TPSA) is 0 Å². The molecule has 0 bridgehead atoms. The Labute approximate surface area is 281 Å². The molecule has 2 aliphatic rings. The molecule has 6 aromatic rings. The van der Waals surface area contributed by atoms with Crippen molar-refractivity contribution in [3.63, 3.8) is 0 Å². The maximum atomic E-state index is 8.50. The third kappa shape index (κ3) is 4.48. The average Bonchev–Trinajstić information content (AvgIpc) is 3.60. The summed E-state index contributed by atoms with van der Waals surface area (Å²) in [5, 5.41) is 5.03. The normalized spacial score (nSPS) is 18.3. The Balaban J connectivity index is 1.28. The summed E-state index contributed by atoms with van der Waals surface area (Å²) in [4.78, 5) is 0. The fourth-order valence-electron chi connectivity index (χ4n) is 8.62. The Kier molecular flexibility index (Phi) is 7.28. The molecule has 0 spiro atoms. The van der Waals surface area contributed by atoms with Crippen molar-refractivity contribution in [2.75, 3.05) is 0 Å². The van der Waals surface area contributed by atoms with E-state index in [2.05, 4.69) is 160 Å². The molecule has 0 aromatic heterocycles. The summed E-state index contributed by atoms with van der Waals surface area (Å²) < 4.78 is 0.158. The SMILES string of the molecule is CC1=Cc2c(-c3ccc4ccccc4c3)cccc2[CH]1[Zr]([Cl])([Cl])([CH]1C(C)=Cc2c(-c3ccc4ccccc4c3)cccc21)[SiH](C)C. The van der Waals surface area contributed by atoms with E-state index in [0.29, 0.717) is 0 Å². The van der Waals surface area contributed by atoms with Crippen LogP contribution in [0.25, 0.3) is 56.0 Å². The van der Waals surface area contributed by atoms with Gasteiger partial charge in [-0.15, -0.1) is 0 Å². The van der Waals surface area contributed by atoms with E-state index in [1.165, 1.54) is 77.2 Å². The molecule has 0 fully saturated rings. The van der Waals surface area contributed by atoms with Crippen LogP contribution in [0.1, 0.15) is 43.4 Å². The van der Waals surface area contributed by atoms with E-state index in [0.717, 1.165) is 0 Å². The van der Waals surface area contributed by atoms with E-state index >= 15 is 0 Å². The molecule has 2 atom stereocenters. The van der Waals surface area contributed by atoms with Gasteiger partial charge in [-0.05, 0) is 0 Å². The molecule has 0 nitrogen and oxygen atoms in total. The average molecular weight is 732 g/mol. The van der Waals surface area contributed by atoms with E-state index in [9.17, 15) is 0 Å². The Hall–Kier alpha value is -3.00. The standard InChI is InChI=1S/2C20H15.C2H7Si.2ClH.Zr/c2*1-14-11-17-7-4-8-19(20(17)12-14)18-10-9-15-5-2-3-6-16(15)13-18;1-3-2;;;/h2*2-13H,1H3;3H,1-2H3;2*1H;/q;;;;;+2/p-2. The molecule has 0 aliphatic heterocycles. The molecule has 6 aromatic carbocycles. The summed E-state index contributed by atoms with van der Waals surface area (Å²) in [5.74, 6) is -1.60. The molecular formula is C42H37Cl2SiZr. The molecule has 0 saturated carbocycles. The van der Waals surface area contributed by atoms with Crippen LogP contribution >= 0.6 is 17.0 Å². The molecule has 4 heteroatoms. The van der Waals surface area contributed by atoms with Crippen molar-refractivity contribution in [2.24, 2.45) is 0 Å². The van der Waals surface area contributed by atoms with Gasteiger partial charge in [-0.2, -0.15) is 0 Å². The van der Waals surface area contributed by atoms with Gasteiger partial charge in [0.1, 0.15) is 0 Å². The Morgan fingerprint density at radius 1 is 0.500 bits per heavy atom. The molecule has 227 valence electrons. The second kappa shape index (κ2) is 11.0. The summed E-state index contributed by atoms with van der Waals surface area (Å²) in [6.45, 7) is 9.40. The number of halogens is 2. The zero-order chi connectivity index (χ0) is 31.8. The fourth-order valence-corrected chi connectivity index (χ4v) is 41.5. The van der Waals surface area contributed by atoms with Crippen molar-refractivity contribution in [1.82, 2.24) is 0 Å². The van der Waals surface area contributed by atoms with Crippen molar-refractivity contribution in [1.29, 1.82) is 0 Å². The van der Waals surface area contributed by atoms with Crippen molar-refractivity contribution < 1.29 is 15.6 Å². The zero-order valence-corrected chi connectivity index (χ0v) is 31.8. The van der Waals surface area contributed by atoms with Crippen LogP contribution in [-0.2, 0) is 15.6 Å². The first-order valence-electron chi connectivity index (χ1n) is 16.3. The summed E-state index contributed by atoms with van der Waals surface area (Å²) in [7, 11) is 17.0. The molecular weight excluding hydrogens is 695 g/mol. The van der Waals surface area contributed by atoms with Gasteiger partial charge in [0.2, 0.25) is 0 Å². The third-order valence-corrected chi connectivity index (χ3v) is 63.1. The first-order chi connectivity index (χ1) is 22.1. The quantitative estimate of drug-likeness (QED) is 0.155. The molecule has 0 amide bonds. The Morgan fingerprint density at radius 2 is 0.913 bits per heavy atom. The second-order valence-corrected chi connectivity index (χ2v) is 56.3. The summed E-state index contributed by atoms with van der Waals surface area (Å²) in [6, 6.07) is 44.4. The number of allylic oxidation sites excluding steroid dienone is 2. The van der Waals surface area contributed by atoms with Gasteiger partial charge in [0.05, 0.1) is 0 Å². The monoisotopic (exact) mass is 729 g/mol. The van der Waals surface area contributed by atoms with Crippen LogP contribution in [0.15, 0.2) is 132 Å². The molecule has 0 N–H and O–H groups in total. The Morgan fingerprint density at radius 3 is 1.33 bits per heavy atom. The van der Waals surface area contributed by atoms with Crippen LogP contribution in [0.5, 0.6) is 0 Å². The molecule has 0 radical (unpaired) electrons. The van der Waals surface area contributed by atoms with E-state index < -0.39 is 21.5 Å². The summed E-state index contributed by atoms with van der Waals surface area (Å²) in [5.41, 5.74) is 12.9. The van der Waals surface area contributed by atoms with Crippen molar-refractivity contribution in [2.45, 2.75) is 34.2 Å². The van der Waals surface area contributed by atoms with Crippen LogP contribution in [0.2, 0.25) is 13.1 Å². The van der Waals surface area contributed by atoms with Crippen LogP contribution in [-0.4, -0.2) is 5.92 Å². The predicted molar refractivity (Wildman–Crippen MR) is 202 cm³/mol. The van der Waals surface area contributed by atoms with Gasteiger partial charge in [0, 0.05) is 0 Å². The van der Waals surface area contributed by atoms with Crippen LogP contribution < -0.4 is 0 Å². The van der Waals surface area contributed by atoms with Crippen LogP contribution in [0.3, 0.4) is 0 Å². The fraction of sp³-hybridized carbons (Fsp3) is 0.143. The van der Waals surface area contributed by atoms with Crippen molar-refractivity contribution in [3.05, 3.63) is 155 Å². The van der Waals surface area contributed by atoms with Gasteiger partial charge in [0.25, 0.3) is 0 Å². The van der Waals surface area contributed by atoms with E-state index in [1.54, 1.807) is 0 Å². The van der Waals surface area contributed by atoms with Crippen LogP contribution in [0, 0.1) is 0 Å². The summed E-state index contributed by atoms with van der Waals surface area (Å²) in [6.07, 6.45) is 4.81. The van der Waals surface area contributed by atoms with Crippen molar-refractivity contribution in [3.8, 4) is 22.3 Å². The minimum atomic E-state index is -4.75. The number of fused-ring (bicyclic) bond motifs is 4. The van der Waals surface area contributed by atoms with E-state index in [4.69, 9.17) is 17.0 Å². The third-order valence-electron chi connectivity index (χ3n) is 10.9. The van der Waals surface area contributed by atoms with Gasteiger partial charge in [0.15, 0.2) is 0 Å². The van der Waals surface area contributed by atoms with Crippen LogP contribution in [0.4, 0.5) is 0 Å². The number of benzene rings is 6. The van der Waals surface area contributed by atoms with Gasteiger partial charge >= 0.3 is 283 Å². The van der Waals surface area contributed by atoms with E-state index in [1.807, 2.05) is 0 Å². The number of rotatable bonds is 5. The molecule has 8 rings (SSSR count). The number of hydrogen-bond donors (Lipinski definition) is 0. The van der Waals surface area contributed by atoms with Gasteiger partial charge in [-0.1, -0.05) is 0 Å². The second-order valence-electron chi connectivity index (χ2n) is 13.8. The molecule has 2 aliphatic carbocycles. The minimum absolute atomic E-state index is 0.0791. The zero-order valence-electron chi connectivity index (χ0n) is 26.7. The predicted octanol–water partition coefficient (Wildman–Crippen LogP) is 12.9. The molecule has 0 heterocycles. The summed E-state index contributed by atoms with van der Waals surface area (Å²) >= 11 is -4.75. The van der Waals surface area contributed by atoms with Gasteiger partial charge < -0.3 is 0 Å². The number of hydrogen-bond acceptors (Lipinski definition) is 0. The van der Waals surface area contributed by atoms with Gasteiger partial charge in [-0.3, -0.25) is 0 Å². The van der Waals surface area contributed by atoms with Crippen molar-refractivity contribution >= 4 is 56.6 Å². The Bertz CT molecular complexity index is 2120. The van der Waals surface area contributed by atoms with Gasteiger partial charge in [-0.25, -0.2) is 0 Å². The molecule has 2 unspecified atom stereocenters. The first kappa shape index (κ1) is 30.3.